The molecule has 0 saturated carbocycles. The minimum absolute atomic E-state index is 0.00802. The van der Waals surface area contributed by atoms with E-state index in [0.29, 0.717) is 33.8 Å². The molecule has 1 fully saturated rings. The van der Waals surface area contributed by atoms with Crippen LogP contribution in [0.25, 0.3) is 16.6 Å². The third-order valence-corrected chi connectivity index (χ3v) is 6.92. The van der Waals surface area contributed by atoms with E-state index in [4.69, 9.17) is 22.4 Å². The van der Waals surface area contributed by atoms with Gasteiger partial charge in [0.2, 0.25) is 0 Å². The summed E-state index contributed by atoms with van der Waals surface area (Å²) < 4.78 is 57.5. The van der Waals surface area contributed by atoms with Gasteiger partial charge in [-0.2, -0.15) is 5.10 Å². The maximum Gasteiger partial charge on any atom is 0.573 e. The number of fused-ring (bicyclic) bond motifs is 2. The van der Waals surface area contributed by atoms with Crippen LogP contribution < -0.4 is 15.8 Å². The van der Waals surface area contributed by atoms with Crippen LogP contribution in [0.15, 0.2) is 41.7 Å². The lowest BCUT2D eigenvalue weighted by Gasteiger charge is -2.29. The van der Waals surface area contributed by atoms with E-state index in [9.17, 15) is 22.4 Å². The smallest absolute Gasteiger partial charge is 0.406 e. The second kappa shape index (κ2) is 9.46. The van der Waals surface area contributed by atoms with Crippen LogP contribution in [0.5, 0.6) is 5.75 Å². The SMILES string of the molecule is CC(C)n1nc(C2=C(Cl)C3CCN(C(=O)Nc4cc(OC(F)(F)F)ccc4F)C3C=C2)c2c(N)ncnc21. The monoisotopic (exact) mass is 551 g/mol. The van der Waals surface area contributed by atoms with Crippen molar-refractivity contribution in [2.45, 2.75) is 38.7 Å². The minimum Gasteiger partial charge on any atom is -0.406 e. The first kappa shape index (κ1) is 25.8. The molecule has 2 unspecified atom stereocenters. The number of hydrogen-bond donors (Lipinski definition) is 2. The zero-order valence-corrected chi connectivity index (χ0v) is 20.9. The molecule has 3 heterocycles. The Morgan fingerprint density at radius 3 is 2.76 bits per heavy atom. The first-order valence-corrected chi connectivity index (χ1v) is 12.0. The number of nitrogens with two attached hydrogens (primary N) is 1. The van der Waals surface area contributed by atoms with Crippen LogP contribution in [0.4, 0.5) is 33.9 Å². The Morgan fingerprint density at radius 1 is 1.29 bits per heavy atom. The molecule has 38 heavy (non-hydrogen) atoms. The molecular formula is C24H22ClF4N7O2. The van der Waals surface area contributed by atoms with Gasteiger partial charge in [0.05, 0.1) is 17.1 Å². The van der Waals surface area contributed by atoms with Crippen molar-refractivity contribution < 1.29 is 27.1 Å². The summed E-state index contributed by atoms with van der Waals surface area (Å²) in [7, 11) is 0. The highest BCUT2D eigenvalue weighted by Crippen LogP contribution is 2.43. The van der Waals surface area contributed by atoms with E-state index in [0.717, 1.165) is 18.2 Å². The van der Waals surface area contributed by atoms with Gasteiger partial charge in [0.25, 0.3) is 0 Å². The molecule has 1 aliphatic heterocycles. The molecule has 0 radical (unpaired) electrons. The van der Waals surface area contributed by atoms with Crippen molar-refractivity contribution in [3.05, 3.63) is 53.2 Å². The number of halogens is 5. The van der Waals surface area contributed by atoms with Crippen molar-refractivity contribution in [1.29, 1.82) is 0 Å². The van der Waals surface area contributed by atoms with E-state index in [1.54, 1.807) is 16.8 Å². The van der Waals surface area contributed by atoms with Gasteiger partial charge in [-0.3, -0.25) is 0 Å². The molecule has 2 aromatic heterocycles. The molecule has 1 aromatic carbocycles. The van der Waals surface area contributed by atoms with Crippen LogP contribution in [-0.2, 0) is 0 Å². The van der Waals surface area contributed by atoms with Crippen molar-refractivity contribution in [1.82, 2.24) is 24.6 Å². The number of nitrogens with one attached hydrogen (secondary N) is 1. The first-order valence-electron chi connectivity index (χ1n) is 11.6. The topological polar surface area (TPSA) is 111 Å². The summed E-state index contributed by atoms with van der Waals surface area (Å²) in [6.45, 7) is 4.19. The maximum atomic E-state index is 14.3. The molecule has 14 heteroatoms. The van der Waals surface area contributed by atoms with Gasteiger partial charge in [-0.1, -0.05) is 23.8 Å². The molecule has 1 saturated heterocycles. The van der Waals surface area contributed by atoms with Gasteiger partial charge >= 0.3 is 12.4 Å². The minimum atomic E-state index is -4.96. The fraction of sp³-hybridized carbons (Fsp3) is 0.333. The van der Waals surface area contributed by atoms with E-state index >= 15 is 0 Å². The number of benzene rings is 1. The van der Waals surface area contributed by atoms with Crippen molar-refractivity contribution in [3.63, 3.8) is 0 Å². The number of likely N-dealkylation sites (tertiary alicyclic amines) is 1. The number of anilines is 2. The fourth-order valence-corrected chi connectivity index (χ4v) is 5.15. The zero-order chi connectivity index (χ0) is 27.4. The Morgan fingerprint density at radius 2 is 2.05 bits per heavy atom. The zero-order valence-electron chi connectivity index (χ0n) is 20.1. The Balaban J connectivity index is 1.41. The highest BCUT2D eigenvalue weighted by molar-refractivity contribution is 6.34. The summed E-state index contributed by atoms with van der Waals surface area (Å²) in [5.74, 6) is -1.58. The third-order valence-electron chi connectivity index (χ3n) is 6.43. The average molecular weight is 552 g/mol. The van der Waals surface area contributed by atoms with Crippen LogP contribution in [0.1, 0.15) is 32.0 Å². The van der Waals surface area contributed by atoms with E-state index in [-0.39, 0.29) is 24.3 Å². The molecule has 200 valence electrons. The highest BCUT2D eigenvalue weighted by Gasteiger charge is 2.41. The summed E-state index contributed by atoms with van der Waals surface area (Å²) in [6, 6.07) is 1.22. The Labute approximate surface area is 218 Å². The highest BCUT2D eigenvalue weighted by atomic mass is 35.5. The number of rotatable bonds is 4. The predicted molar refractivity (Wildman–Crippen MR) is 133 cm³/mol. The Kier molecular flexibility index (Phi) is 6.41. The molecule has 5 rings (SSSR count). The lowest BCUT2D eigenvalue weighted by molar-refractivity contribution is -0.274. The van der Waals surface area contributed by atoms with Gasteiger partial charge in [0.1, 0.15) is 29.4 Å². The van der Waals surface area contributed by atoms with Gasteiger partial charge in [-0.15, -0.1) is 13.2 Å². The number of nitrogens with zero attached hydrogens (tertiary/aromatic N) is 5. The number of nitrogen functional groups attached to an aromatic ring is 1. The Bertz CT molecular complexity index is 1480. The average Bonchev–Trinajstić information content (AvgIpc) is 3.44. The molecule has 3 aromatic rings. The predicted octanol–water partition coefficient (Wildman–Crippen LogP) is 5.47. The van der Waals surface area contributed by atoms with Crippen molar-refractivity contribution in [2.75, 3.05) is 17.6 Å². The van der Waals surface area contributed by atoms with Crippen LogP contribution in [0.3, 0.4) is 0 Å². The number of amides is 2. The van der Waals surface area contributed by atoms with Crippen LogP contribution in [0.2, 0.25) is 0 Å². The quantitative estimate of drug-likeness (QED) is 0.416. The molecule has 2 amide bonds. The molecule has 2 atom stereocenters. The second-order valence-corrected chi connectivity index (χ2v) is 9.57. The van der Waals surface area contributed by atoms with Crippen LogP contribution in [0, 0.1) is 11.7 Å². The van der Waals surface area contributed by atoms with Crippen molar-refractivity contribution in [3.8, 4) is 5.75 Å². The third kappa shape index (κ3) is 4.62. The first-order chi connectivity index (χ1) is 17.9. The van der Waals surface area contributed by atoms with Crippen LogP contribution in [-0.4, -0.2) is 49.6 Å². The lowest BCUT2D eigenvalue weighted by atomic mass is 9.90. The van der Waals surface area contributed by atoms with Crippen molar-refractivity contribution >= 4 is 45.7 Å². The van der Waals surface area contributed by atoms with E-state index in [2.05, 4.69) is 20.0 Å². The summed E-state index contributed by atoms with van der Waals surface area (Å²) in [6.07, 6.45) is 0.442. The molecule has 9 nitrogen and oxygen atoms in total. The maximum absolute atomic E-state index is 14.3. The molecule has 0 bridgehead atoms. The van der Waals surface area contributed by atoms with Gasteiger partial charge in [-0.25, -0.2) is 23.8 Å². The summed E-state index contributed by atoms with van der Waals surface area (Å²) >= 11 is 6.85. The van der Waals surface area contributed by atoms with Crippen LogP contribution >= 0.6 is 11.6 Å². The van der Waals surface area contributed by atoms with Gasteiger partial charge in [0.15, 0.2) is 5.65 Å². The molecule has 1 aliphatic carbocycles. The number of hydrogen-bond acceptors (Lipinski definition) is 6. The normalized spacial score (nSPS) is 19.4. The molecule has 2 aliphatic rings. The van der Waals surface area contributed by atoms with Gasteiger partial charge in [-0.05, 0) is 32.4 Å². The standard InChI is InChI=1S/C24H22ClF4N7O2/c1-11(2)36-22-18(21(30)31-10-32-22)20(34-36)14-4-6-17-13(19(14)25)7-8-35(17)23(37)33-16-9-12(3-5-15(16)26)38-24(27,28)29/h3-6,9-11,13,17H,7-8H2,1-2H3,(H,33,37)(H2,30,31,32). The van der Waals surface area contributed by atoms with E-state index in [1.807, 2.05) is 13.8 Å². The second-order valence-electron chi connectivity index (χ2n) is 9.16. The summed E-state index contributed by atoms with van der Waals surface area (Å²) in [5, 5.41) is 8.09. The summed E-state index contributed by atoms with van der Waals surface area (Å²) in [5.41, 5.74) is 7.45. The lowest BCUT2D eigenvalue weighted by Crippen LogP contribution is -2.40. The number of aromatic nitrogens is 4. The number of allylic oxidation sites excluding steroid dienone is 2. The number of urea groups is 1. The molecule has 3 N–H and O–H groups in total. The Hall–Kier alpha value is -3.87. The number of ether oxygens (including phenoxy) is 1. The fourth-order valence-electron chi connectivity index (χ4n) is 4.76. The largest absolute Gasteiger partial charge is 0.573 e. The van der Waals surface area contributed by atoms with Crippen molar-refractivity contribution in [2.24, 2.45) is 5.92 Å². The molecule has 0 spiro atoms. The number of carbonyl (C=O) groups excluding carboxylic acids is 1. The summed E-state index contributed by atoms with van der Waals surface area (Å²) in [4.78, 5) is 22.9. The molecular weight excluding hydrogens is 530 g/mol. The van der Waals surface area contributed by atoms with Gasteiger partial charge in [0, 0.05) is 35.2 Å². The number of alkyl halides is 3. The van der Waals surface area contributed by atoms with Gasteiger partial charge < -0.3 is 20.7 Å². The van der Waals surface area contributed by atoms with E-state index < -0.39 is 35.7 Å². The van der Waals surface area contributed by atoms with E-state index in [1.165, 1.54) is 11.2 Å². The number of carbonyl (C=O) groups is 1.